The second-order valence-corrected chi connectivity index (χ2v) is 38.1. The van der Waals surface area contributed by atoms with Gasteiger partial charge in [0.2, 0.25) is 0 Å². The third-order valence-electron chi connectivity index (χ3n) is 24.2. The van der Waals surface area contributed by atoms with Gasteiger partial charge in [-0.05, 0) is 171 Å². The first-order chi connectivity index (χ1) is 56.0. The van der Waals surface area contributed by atoms with Crippen molar-refractivity contribution < 1.29 is 8.83 Å². The van der Waals surface area contributed by atoms with E-state index < -0.39 is 13.5 Å². The summed E-state index contributed by atoms with van der Waals surface area (Å²) < 4.78 is 15.0. The highest BCUT2D eigenvalue weighted by Crippen LogP contribution is 2.57. The fourth-order valence-electron chi connectivity index (χ4n) is 18.6. The van der Waals surface area contributed by atoms with Crippen molar-refractivity contribution in [2.45, 2.75) is 78.6 Å². The Balaban J connectivity index is 0.992. The Morgan fingerprint density at radius 2 is 0.635 bits per heavy atom. The van der Waals surface area contributed by atoms with Crippen molar-refractivity contribution >= 4 is 147 Å². The first-order valence-electron chi connectivity index (χ1n) is 40.4. The van der Waals surface area contributed by atoms with Gasteiger partial charge in [-0.15, -0.1) is 0 Å². The second kappa shape index (κ2) is 27.6. The lowest BCUT2D eigenvalue weighted by Gasteiger charge is -2.46. The average molecular weight is 1500 g/mol. The monoisotopic (exact) mass is 1500 g/mol. The topological polar surface area (TPSA) is 36.0 Å². The summed E-state index contributed by atoms with van der Waals surface area (Å²) in [5, 5.41) is 9.34. The number of anilines is 9. The van der Waals surface area contributed by atoms with Crippen molar-refractivity contribution in [3.63, 3.8) is 0 Å². The maximum atomic E-state index is 7.53. The van der Waals surface area contributed by atoms with Crippen molar-refractivity contribution in [2.75, 3.05) is 14.7 Å². The van der Waals surface area contributed by atoms with Crippen LogP contribution in [-0.4, -0.2) is 14.8 Å². The van der Waals surface area contributed by atoms with E-state index in [1.807, 2.05) is 0 Å². The van der Waals surface area contributed by atoms with Crippen molar-refractivity contribution in [2.24, 2.45) is 0 Å². The third kappa shape index (κ3) is 11.8. The van der Waals surface area contributed by atoms with Gasteiger partial charge in [0, 0.05) is 72.8 Å². The number of furan rings is 2. The van der Waals surface area contributed by atoms with E-state index in [0.717, 1.165) is 140 Å². The Kier molecular flexibility index (Phi) is 17.0. The predicted octanol–water partition coefficient (Wildman–Crippen LogP) is 25.0. The van der Waals surface area contributed by atoms with Crippen LogP contribution in [0.5, 0.6) is 0 Å². The van der Waals surface area contributed by atoms with Crippen LogP contribution >= 0.6 is 0 Å². The molecule has 0 saturated heterocycles. The predicted molar refractivity (Wildman–Crippen MR) is 491 cm³/mol. The second-order valence-electron chi connectivity index (χ2n) is 34.3. The highest BCUT2D eigenvalue weighted by molar-refractivity contribution is 7.20. The van der Waals surface area contributed by atoms with E-state index in [0.29, 0.717) is 0 Å². The minimum absolute atomic E-state index is 0.0679. The Morgan fingerprint density at radius 3 is 1.03 bits per heavy atom. The van der Waals surface area contributed by atoms with Gasteiger partial charge in [-0.25, -0.2) is 0 Å². The Bertz CT molecular complexity index is 6590. The van der Waals surface area contributed by atoms with Gasteiger partial charge in [0.25, 0.3) is 6.71 Å². The first kappa shape index (κ1) is 70.9. The Labute approximate surface area is 675 Å². The van der Waals surface area contributed by atoms with Gasteiger partial charge in [0.05, 0.1) is 22.1 Å². The molecule has 18 aromatic rings. The molecule has 2 aliphatic heterocycles. The summed E-state index contributed by atoms with van der Waals surface area (Å²) in [6, 6.07) is 139. The molecule has 0 unspecified atom stereocenters. The van der Waals surface area contributed by atoms with Crippen molar-refractivity contribution in [1.29, 1.82) is 0 Å². The molecule has 0 saturated carbocycles. The average Bonchev–Trinajstić information content (AvgIpc) is 1.58. The number of para-hydroxylation sites is 2. The fourth-order valence-corrected chi connectivity index (χ4v) is 23.4. The molecule has 4 heterocycles. The smallest absolute Gasteiger partial charge is 0.252 e. The van der Waals surface area contributed by atoms with E-state index >= 15 is 0 Å². The van der Waals surface area contributed by atoms with Crippen LogP contribution in [0.4, 0.5) is 51.2 Å². The summed E-state index contributed by atoms with van der Waals surface area (Å²) in [5.74, 6) is 0. The molecule has 5 nitrogen and oxygen atoms in total. The maximum absolute atomic E-state index is 7.53. The number of hydrogen-bond donors (Lipinski definition) is 0. The van der Waals surface area contributed by atoms with E-state index in [1.54, 1.807) is 0 Å². The zero-order valence-corrected chi connectivity index (χ0v) is 67.5. The van der Waals surface area contributed by atoms with Crippen LogP contribution in [0.25, 0.3) is 88.4 Å². The molecule has 0 amide bonds. The van der Waals surface area contributed by atoms with E-state index in [1.165, 1.54) is 53.8 Å². The van der Waals surface area contributed by atoms with E-state index in [9.17, 15) is 0 Å². The van der Waals surface area contributed by atoms with Gasteiger partial charge < -0.3 is 23.5 Å². The zero-order valence-electron chi connectivity index (χ0n) is 66.5. The quantitative estimate of drug-likeness (QED) is 0.0849. The van der Waals surface area contributed by atoms with Gasteiger partial charge in [0.1, 0.15) is 22.3 Å². The van der Waals surface area contributed by atoms with Crippen LogP contribution < -0.4 is 51.8 Å². The minimum Gasteiger partial charge on any atom is -0.455 e. The third-order valence-corrected chi connectivity index (χ3v) is 29.0. The Hall–Kier alpha value is -13.2. The van der Waals surface area contributed by atoms with Crippen molar-refractivity contribution in [3.05, 3.63) is 387 Å². The fraction of sp³-hybridized carbons (Fsp3) is 0.111. The van der Waals surface area contributed by atoms with Crippen LogP contribution in [0.15, 0.2) is 379 Å². The van der Waals surface area contributed by atoms with Gasteiger partial charge in [0.15, 0.2) is 8.07 Å². The highest BCUT2D eigenvalue weighted by atomic mass is 28.3. The lowest BCUT2D eigenvalue weighted by atomic mass is 9.33. The number of rotatable bonds is 13. The van der Waals surface area contributed by atoms with Gasteiger partial charge in [-0.2, -0.15) is 0 Å². The lowest BCUT2D eigenvalue weighted by Crippen LogP contribution is -2.75. The molecule has 0 fully saturated rings. The molecule has 20 rings (SSSR count). The number of fused-ring (bicyclic) bond motifs is 10. The largest absolute Gasteiger partial charge is 0.455 e. The summed E-state index contributed by atoms with van der Waals surface area (Å²) in [5.41, 5.74) is 28.1. The summed E-state index contributed by atoms with van der Waals surface area (Å²) in [7, 11) is -3.28. The molecule has 2 aromatic heterocycles. The van der Waals surface area contributed by atoms with Crippen LogP contribution in [0.1, 0.15) is 79.0 Å². The molecule has 0 bridgehead atoms. The van der Waals surface area contributed by atoms with Crippen LogP contribution in [-0.2, 0) is 16.2 Å². The van der Waals surface area contributed by atoms with Crippen LogP contribution in [0.3, 0.4) is 0 Å². The minimum atomic E-state index is -3.28. The highest BCUT2D eigenvalue weighted by Gasteiger charge is 2.49. The van der Waals surface area contributed by atoms with Gasteiger partial charge in [-0.1, -0.05) is 353 Å². The molecule has 7 heteroatoms. The molecule has 0 atom stereocenters. The molecule has 0 radical (unpaired) electrons. The standard InChI is InChI=1S/C108H88BN3O2Si/c1-106(2,3)75-53-57-78(58-54-75)110(79-59-55-76(56-60-79)107(4,5)6)80-61-63-91-94(67-80)112(103-88(72-37-19-11-20-38-72)70-90(74-41-23-13-24-42-74)105-100(103)86-50-32-34-52-98(86)114-105)96-66-77(108(7,8)9)65-95-101(96)109(91)92-68-84(115(81-43-25-14-26-44-81,82-45-27-15-28-46-82)83-47-29-16-30-48-83)62-64-93(92)111(95)102-87(71-35-17-10-18-36-71)69-89(73-39-21-12-22-40-73)104-99(102)85-49-31-33-51-97(85)113-104/h10-70H,1-9H3. The molecular weight excluding hydrogens is 1410 g/mol. The number of hydrogen-bond acceptors (Lipinski definition) is 5. The SMILES string of the molecule is CC(C)(C)c1ccc(N(c2ccc(C(C)(C)C)cc2)c2ccc3c(c2)N(c2c(-c4ccccc4)cc(-c4ccccc4)c4oc5ccccc5c24)c2cc(C(C)(C)C)cc4c2B3c2cc([Si](c3ccccc3)(c3ccccc3)c3ccccc3)ccc2N4c2c(-c3ccccc3)cc(-c3ccccc3)c3oc4ccccc4c23)cc1. The summed E-state index contributed by atoms with van der Waals surface area (Å²) >= 11 is 0. The molecule has 115 heavy (non-hydrogen) atoms. The molecule has 16 aromatic carbocycles. The van der Waals surface area contributed by atoms with E-state index in [4.69, 9.17) is 8.83 Å². The van der Waals surface area contributed by atoms with Gasteiger partial charge >= 0.3 is 0 Å². The summed E-state index contributed by atoms with van der Waals surface area (Å²) in [6.07, 6.45) is 0. The first-order valence-corrected chi connectivity index (χ1v) is 42.4. The van der Waals surface area contributed by atoms with Gasteiger partial charge in [-0.3, -0.25) is 0 Å². The normalized spacial score (nSPS) is 12.9. The van der Waals surface area contributed by atoms with E-state index in [-0.39, 0.29) is 17.5 Å². The summed E-state index contributed by atoms with van der Waals surface area (Å²) in [6.45, 7) is 20.6. The van der Waals surface area contributed by atoms with Crippen LogP contribution in [0, 0.1) is 0 Å². The maximum Gasteiger partial charge on any atom is 0.252 e. The zero-order chi connectivity index (χ0) is 78.1. The summed E-state index contributed by atoms with van der Waals surface area (Å²) in [4.78, 5) is 7.89. The molecule has 0 N–H and O–H groups in total. The number of nitrogens with zero attached hydrogens (tertiary/aromatic N) is 3. The van der Waals surface area contributed by atoms with Crippen molar-refractivity contribution in [3.8, 4) is 44.5 Å². The molecule has 0 aliphatic carbocycles. The van der Waals surface area contributed by atoms with Crippen LogP contribution in [0.2, 0.25) is 0 Å². The lowest BCUT2D eigenvalue weighted by molar-refractivity contribution is 0.590. The molecule has 554 valence electrons. The molecule has 2 aliphatic rings. The van der Waals surface area contributed by atoms with Crippen molar-refractivity contribution in [1.82, 2.24) is 0 Å². The van der Waals surface area contributed by atoms with E-state index in [2.05, 4.69) is 447 Å². The Morgan fingerprint density at radius 1 is 0.278 bits per heavy atom. The number of benzene rings is 16. The molecule has 0 spiro atoms. The molecular formula is C108H88BN3O2Si.